The lowest BCUT2D eigenvalue weighted by Gasteiger charge is -2.41. The second kappa shape index (κ2) is 5.86. The third-order valence-corrected chi connectivity index (χ3v) is 5.23. The van der Waals surface area contributed by atoms with Crippen molar-refractivity contribution >= 4 is 67.6 Å². The van der Waals surface area contributed by atoms with E-state index in [-0.39, 0.29) is 0 Å². The summed E-state index contributed by atoms with van der Waals surface area (Å²) in [7, 11) is 0. The van der Waals surface area contributed by atoms with E-state index in [1.807, 2.05) is 17.8 Å². The number of hydrogen-bond donors (Lipinski definition) is 1. The van der Waals surface area contributed by atoms with Gasteiger partial charge in [0.2, 0.25) is 0 Å². The third kappa shape index (κ3) is 2.73. The van der Waals surface area contributed by atoms with Gasteiger partial charge in [-0.1, -0.05) is 34.2 Å². The van der Waals surface area contributed by atoms with Crippen LogP contribution in [-0.2, 0) is 0 Å². The van der Waals surface area contributed by atoms with Crippen LogP contribution >= 0.6 is 61.9 Å². The van der Waals surface area contributed by atoms with Crippen LogP contribution < -0.4 is 10.2 Å². The van der Waals surface area contributed by atoms with Crippen LogP contribution in [-0.4, -0.2) is 16.3 Å². The average Bonchev–Trinajstić information content (AvgIpc) is 2.29. The molecule has 0 saturated carbocycles. The van der Waals surface area contributed by atoms with Gasteiger partial charge in [-0.3, -0.25) is 5.32 Å². The summed E-state index contributed by atoms with van der Waals surface area (Å²) in [6.45, 7) is 2.18. The summed E-state index contributed by atoms with van der Waals surface area (Å²) in [6.07, 6.45) is 2.12. The van der Waals surface area contributed by atoms with Crippen molar-refractivity contribution in [2.75, 3.05) is 15.7 Å². The highest BCUT2D eigenvalue weighted by Gasteiger charge is 2.30. The molecule has 0 bridgehead atoms. The van der Waals surface area contributed by atoms with Crippen molar-refractivity contribution in [3.05, 3.63) is 27.2 Å². The maximum Gasteiger partial charge on any atom is 0.129 e. The van der Waals surface area contributed by atoms with Gasteiger partial charge in [0, 0.05) is 15.5 Å². The van der Waals surface area contributed by atoms with Crippen LogP contribution in [0.5, 0.6) is 0 Å². The Bertz CT molecular complexity index is 432. The fourth-order valence-electron chi connectivity index (χ4n) is 2.05. The number of halogens is 3. The van der Waals surface area contributed by atoms with Crippen molar-refractivity contribution in [2.45, 2.75) is 18.5 Å². The molecule has 0 aliphatic carbocycles. The van der Waals surface area contributed by atoms with Crippen molar-refractivity contribution in [1.29, 1.82) is 0 Å². The molecule has 2 nitrogen and oxygen atoms in total. The van der Waals surface area contributed by atoms with E-state index in [0.717, 1.165) is 14.0 Å². The Morgan fingerprint density at radius 2 is 2.29 bits per heavy atom. The summed E-state index contributed by atoms with van der Waals surface area (Å²) >= 11 is 14.0. The number of rotatable bonds is 2. The van der Waals surface area contributed by atoms with Gasteiger partial charge in [0.25, 0.3) is 0 Å². The molecule has 0 aromatic heterocycles. The third-order valence-electron chi connectivity index (χ3n) is 2.84. The Morgan fingerprint density at radius 3 is 2.88 bits per heavy atom. The maximum absolute atomic E-state index is 6.13. The fraction of sp³-hybridized carbons (Fsp3) is 0.455. The molecule has 17 heavy (non-hydrogen) atoms. The smallest absolute Gasteiger partial charge is 0.129 e. The molecular weight excluding hydrogens is 434 g/mol. The number of anilines is 1. The van der Waals surface area contributed by atoms with Gasteiger partial charge in [-0.25, -0.2) is 0 Å². The molecule has 1 aromatic rings. The normalized spacial score (nSPS) is 23.7. The van der Waals surface area contributed by atoms with Gasteiger partial charge < -0.3 is 4.90 Å². The van der Waals surface area contributed by atoms with E-state index < -0.39 is 0 Å². The predicted octanol–water partition coefficient (Wildman–Crippen LogP) is 4.61. The molecule has 0 radical (unpaired) electrons. The van der Waals surface area contributed by atoms with Gasteiger partial charge >= 0.3 is 0 Å². The molecule has 1 N–H and O–H groups in total. The van der Waals surface area contributed by atoms with Crippen LogP contribution in [0.3, 0.4) is 0 Å². The highest BCUT2D eigenvalue weighted by atomic mass is 127. The topological polar surface area (TPSA) is 15.3 Å². The molecule has 2 unspecified atom stereocenters. The molecule has 0 amide bonds. The van der Waals surface area contributed by atoms with Crippen molar-refractivity contribution in [3.8, 4) is 0 Å². The van der Waals surface area contributed by atoms with E-state index in [1.165, 1.54) is 11.3 Å². The molecule has 1 heterocycles. The fourth-order valence-corrected chi connectivity index (χ4v) is 4.89. The number of nitrogens with zero attached hydrogens (tertiary/aromatic N) is 1. The lowest BCUT2D eigenvalue weighted by atomic mass is 10.0. The van der Waals surface area contributed by atoms with Crippen molar-refractivity contribution in [1.82, 2.24) is 5.32 Å². The van der Waals surface area contributed by atoms with Gasteiger partial charge in [-0.05, 0) is 46.8 Å². The minimum Gasteiger partial charge on any atom is -0.337 e. The first-order chi connectivity index (χ1) is 8.08. The predicted molar refractivity (Wildman–Crippen MR) is 89.4 cm³/mol. The largest absolute Gasteiger partial charge is 0.337 e. The highest BCUT2D eigenvalue weighted by molar-refractivity contribution is 14.1. The molecule has 6 heteroatoms. The Balaban J connectivity index is 2.55. The van der Waals surface area contributed by atoms with Crippen molar-refractivity contribution < 1.29 is 0 Å². The molecule has 0 fully saturated rings. The van der Waals surface area contributed by atoms with Gasteiger partial charge in [0.05, 0.1) is 10.2 Å². The number of fused-ring (bicyclic) bond motifs is 1. The molecule has 1 aliphatic rings. The van der Waals surface area contributed by atoms with E-state index in [0.29, 0.717) is 11.5 Å². The summed E-state index contributed by atoms with van der Waals surface area (Å²) in [4.78, 5) is 2.35. The minimum absolute atomic E-state index is 0.312. The zero-order chi connectivity index (χ0) is 12.6. The molecule has 1 aliphatic heterocycles. The monoisotopic (exact) mass is 446 g/mol. The number of benzene rings is 1. The summed E-state index contributed by atoms with van der Waals surface area (Å²) < 4.78 is 2.01. The van der Waals surface area contributed by atoms with Crippen LogP contribution in [0.4, 0.5) is 5.69 Å². The lowest BCUT2D eigenvalue weighted by molar-refractivity contribution is 0.516. The summed E-state index contributed by atoms with van der Waals surface area (Å²) in [6, 6.07) is 4.33. The van der Waals surface area contributed by atoms with Gasteiger partial charge in [-0.15, -0.1) is 11.8 Å². The van der Waals surface area contributed by atoms with Crippen LogP contribution in [0.15, 0.2) is 16.6 Å². The standard InChI is InChI=1S/C11H13BrClIN2S/c1-6-8-3-7(13)4-9(12)10(8)16(5-14)11(15-6)17-2/h3-4,6,11,15H,5H2,1-2H3. The zero-order valence-corrected chi connectivity index (χ0v) is 14.8. The number of alkyl halides is 1. The number of hydrogen-bond acceptors (Lipinski definition) is 3. The van der Waals surface area contributed by atoms with E-state index >= 15 is 0 Å². The minimum atomic E-state index is 0.312. The second-order valence-corrected chi connectivity index (χ2v) is 6.78. The van der Waals surface area contributed by atoms with E-state index in [9.17, 15) is 0 Å². The Morgan fingerprint density at radius 1 is 1.59 bits per heavy atom. The van der Waals surface area contributed by atoms with E-state index in [1.54, 1.807) is 0 Å². The van der Waals surface area contributed by atoms with Crippen LogP contribution in [0, 0.1) is 0 Å². The van der Waals surface area contributed by atoms with Gasteiger partial charge in [0.15, 0.2) is 0 Å². The van der Waals surface area contributed by atoms with E-state index in [4.69, 9.17) is 11.6 Å². The van der Waals surface area contributed by atoms with Crippen LogP contribution in [0.25, 0.3) is 0 Å². The summed E-state index contributed by atoms with van der Waals surface area (Å²) in [5.74, 6) is 0. The SMILES string of the molecule is CSC1NC(C)c2cc(Cl)cc(Br)c2N1CI. The summed E-state index contributed by atoms with van der Waals surface area (Å²) in [5, 5.41) is 4.36. The lowest BCUT2D eigenvalue weighted by Crippen LogP contribution is -2.48. The van der Waals surface area contributed by atoms with Gasteiger partial charge in [0.1, 0.15) is 5.50 Å². The van der Waals surface area contributed by atoms with Crippen molar-refractivity contribution in [3.63, 3.8) is 0 Å². The van der Waals surface area contributed by atoms with Gasteiger partial charge in [-0.2, -0.15) is 0 Å². The summed E-state index contributed by atoms with van der Waals surface area (Å²) in [5.41, 5.74) is 2.83. The molecule has 2 rings (SSSR count). The molecule has 94 valence electrons. The molecule has 2 atom stereocenters. The quantitative estimate of drug-likeness (QED) is 0.405. The molecule has 1 aromatic carbocycles. The van der Waals surface area contributed by atoms with Crippen LogP contribution in [0.1, 0.15) is 18.5 Å². The number of nitrogens with one attached hydrogen (secondary N) is 1. The first kappa shape index (κ1) is 14.2. The highest BCUT2D eigenvalue weighted by Crippen LogP contribution is 2.42. The molecular formula is C11H13BrClIN2S. The Labute approximate surface area is 133 Å². The van der Waals surface area contributed by atoms with E-state index in [2.05, 4.69) is 68.0 Å². The Hall–Kier alpha value is 0.830. The maximum atomic E-state index is 6.13. The average molecular weight is 448 g/mol. The number of thioether (sulfide) groups is 1. The zero-order valence-electron chi connectivity index (χ0n) is 9.51. The van der Waals surface area contributed by atoms with Crippen LogP contribution in [0.2, 0.25) is 5.02 Å². The first-order valence-electron chi connectivity index (χ1n) is 5.19. The first-order valence-corrected chi connectivity index (χ1v) is 9.17. The molecule has 0 saturated heterocycles. The van der Waals surface area contributed by atoms with Crippen molar-refractivity contribution in [2.24, 2.45) is 0 Å². The second-order valence-electron chi connectivity index (χ2n) is 3.89. The Kier molecular flexibility index (Phi) is 4.91. The molecule has 0 spiro atoms.